The molecule has 1 saturated heterocycles. The summed E-state index contributed by atoms with van der Waals surface area (Å²) < 4.78 is 79.5. The lowest BCUT2D eigenvalue weighted by Crippen LogP contribution is -2.38. The van der Waals surface area contributed by atoms with Gasteiger partial charge in [0.1, 0.15) is 0 Å². The van der Waals surface area contributed by atoms with E-state index in [9.17, 15) is 31.4 Å². The third-order valence-electron chi connectivity index (χ3n) is 5.69. The van der Waals surface area contributed by atoms with Crippen LogP contribution >= 0.6 is 0 Å². The van der Waals surface area contributed by atoms with Gasteiger partial charge < -0.3 is 10.4 Å². The van der Waals surface area contributed by atoms with E-state index in [0.29, 0.717) is 22.8 Å². The van der Waals surface area contributed by atoms with E-state index in [1.165, 1.54) is 12.1 Å². The average Bonchev–Trinajstić information content (AvgIpc) is 2.71. The second kappa shape index (κ2) is 7.42. The third kappa shape index (κ3) is 3.86. The van der Waals surface area contributed by atoms with Crippen LogP contribution in [0, 0.1) is 0 Å². The van der Waals surface area contributed by atoms with E-state index in [4.69, 9.17) is 0 Å². The lowest BCUT2D eigenvalue weighted by Gasteiger charge is -2.29. The van der Waals surface area contributed by atoms with E-state index in [-0.39, 0.29) is 16.8 Å². The van der Waals surface area contributed by atoms with Crippen molar-refractivity contribution < 1.29 is 31.4 Å². The molecule has 3 aromatic rings. The second-order valence-electron chi connectivity index (χ2n) is 7.66. The molecule has 1 fully saturated rings. The van der Waals surface area contributed by atoms with Crippen molar-refractivity contribution in [1.29, 1.82) is 0 Å². The summed E-state index contributed by atoms with van der Waals surface area (Å²) in [4.78, 5) is 0. The predicted octanol–water partition coefficient (Wildman–Crippen LogP) is 6.21. The first kappa shape index (κ1) is 20.9. The number of hydrogen-bond donors (Lipinski definition) is 2. The number of nitrogens with one attached hydrogen (secondary N) is 1. The topological polar surface area (TPSA) is 32.3 Å². The lowest BCUT2D eigenvalue weighted by molar-refractivity contribution is -0.138. The molecule has 0 aliphatic carbocycles. The van der Waals surface area contributed by atoms with Gasteiger partial charge in [0.15, 0.2) is 0 Å². The van der Waals surface area contributed by atoms with Crippen LogP contribution in [0.4, 0.5) is 26.3 Å². The van der Waals surface area contributed by atoms with Crippen LogP contribution in [0.3, 0.4) is 0 Å². The van der Waals surface area contributed by atoms with E-state index in [1.54, 1.807) is 6.07 Å². The maximum atomic E-state index is 13.3. The molecule has 0 spiro atoms. The van der Waals surface area contributed by atoms with E-state index < -0.39 is 29.6 Å². The Bertz CT molecular complexity index is 1080. The molecule has 0 amide bonds. The van der Waals surface area contributed by atoms with Gasteiger partial charge in [-0.3, -0.25) is 0 Å². The standard InChI is InChI=1S/C22H19F6NO/c23-21(24,25)13-5-4-12-9-18(20(30)19-3-1-2-8-29-19)15-7-6-14(22(26,27)28)11-17(15)16(12)10-13/h4-7,9-11,19-20,29-30H,1-3,8H2/t19-,20+/m1/s1. The van der Waals surface area contributed by atoms with Crippen LogP contribution in [0.25, 0.3) is 21.5 Å². The van der Waals surface area contributed by atoms with Gasteiger partial charge >= 0.3 is 12.4 Å². The van der Waals surface area contributed by atoms with Crippen molar-refractivity contribution in [2.45, 2.75) is 43.8 Å². The fourth-order valence-electron chi connectivity index (χ4n) is 4.14. The Morgan fingerprint density at radius 2 is 1.43 bits per heavy atom. The van der Waals surface area contributed by atoms with Gasteiger partial charge in [-0.2, -0.15) is 26.3 Å². The number of hydrogen-bond acceptors (Lipinski definition) is 2. The normalized spacial score (nSPS) is 19.4. The van der Waals surface area contributed by atoms with Gasteiger partial charge in [-0.25, -0.2) is 0 Å². The Balaban J connectivity index is 1.98. The van der Waals surface area contributed by atoms with Gasteiger partial charge in [-0.1, -0.05) is 18.6 Å². The molecule has 3 aromatic carbocycles. The van der Waals surface area contributed by atoms with Crippen LogP contribution in [0.15, 0.2) is 42.5 Å². The minimum absolute atomic E-state index is 0.0401. The number of rotatable bonds is 2. The SMILES string of the molecule is O[C@@H](c1cc2ccc(C(F)(F)F)cc2c2cc(C(F)(F)F)ccc12)[C@H]1CCCCN1. The average molecular weight is 427 g/mol. The first-order valence-electron chi connectivity index (χ1n) is 9.62. The molecule has 30 heavy (non-hydrogen) atoms. The molecule has 1 aliphatic heterocycles. The summed E-state index contributed by atoms with van der Waals surface area (Å²) in [6.45, 7) is 0.723. The summed E-state index contributed by atoms with van der Waals surface area (Å²) in [6, 6.07) is 7.31. The Kier molecular flexibility index (Phi) is 5.18. The molecular weight excluding hydrogens is 408 g/mol. The first-order valence-corrected chi connectivity index (χ1v) is 9.62. The van der Waals surface area contributed by atoms with E-state index in [0.717, 1.165) is 43.7 Å². The monoisotopic (exact) mass is 427 g/mol. The highest BCUT2D eigenvalue weighted by atomic mass is 19.4. The molecule has 160 valence electrons. The molecule has 4 rings (SSSR count). The van der Waals surface area contributed by atoms with Crippen LogP contribution in [-0.4, -0.2) is 17.7 Å². The zero-order valence-corrected chi connectivity index (χ0v) is 15.7. The minimum atomic E-state index is -4.64. The number of aliphatic hydroxyl groups is 1. The number of fused-ring (bicyclic) bond motifs is 3. The fourth-order valence-corrected chi connectivity index (χ4v) is 4.14. The molecule has 1 aliphatic rings. The van der Waals surface area contributed by atoms with Gasteiger partial charge in [0.2, 0.25) is 0 Å². The Morgan fingerprint density at radius 1 is 0.800 bits per heavy atom. The highest BCUT2D eigenvalue weighted by Crippen LogP contribution is 2.40. The maximum Gasteiger partial charge on any atom is 0.416 e. The molecule has 0 aromatic heterocycles. The minimum Gasteiger partial charge on any atom is -0.387 e. The van der Waals surface area contributed by atoms with Gasteiger partial charge in [0, 0.05) is 6.04 Å². The summed E-state index contributed by atoms with van der Waals surface area (Å²) in [5, 5.41) is 14.9. The number of halogens is 6. The summed E-state index contributed by atoms with van der Waals surface area (Å²) in [7, 11) is 0. The molecule has 0 unspecified atom stereocenters. The number of aliphatic hydroxyl groups excluding tert-OH is 1. The maximum absolute atomic E-state index is 13.3. The molecule has 0 bridgehead atoms. The Morgan fingerprint density at radius 3 is 2.03 bits per heavy atom. The van der Waals surface area contributed by atoms with Crippen molar-refractivity contribution >= 4 is 21.5 Å². The molecule has 0 radical (unpaired) electrons. The lowest BCUT2D eigenvalue weighted by atomic mass is 9.88. The van der Waals surface area contributed by atoms with Crippen LogP contribution in [0.5, 0.6) is 0 Å². The Labute approximate surface area is 168 Å². The molecule has 8 heteroatoms. The van der Waals surface area contributed by atoms with Crippen molar-refractivity contribution in [2.24, 2.45) is 0 Å². The van der Waals surface area contributed by atoms with Crippen LogP contribution < -0.4 is 5.32 Å². The van der Waals surface area contributed by atoms with Crippen LogP contribution in [0.1, 0.15) is 42.1 Å². The molecule has 1 heterocycles. The summed E-state index contributed by atoms with van der Waals surface area (Å²) in [5.41, 5.74) is -1.47. The van der Waals surface area contributed by atoms with E-state index in [1.807, 2.05) is 0 Å². The molecular formula is C22H19F6NO. The van der Waals surface area contributed by atoms with Crippen LogP contribution in [0.2, 0.25) is 0 Å². The zero-order chi connectivity index (χ0) is 21.7. The second-order valence-corrected chi connectivity index (χ2v) is 7.66. The largest absolute Gasteiger partial charge is 0.416 e. The van der Waals surface area contributed by atoms with Crippen molar-refractivity contribution in [3.63, 3.8) is 0 Å². The highest BCUT2D eigenvalue weighted by molar-refractivity contribution is 6.09. The number of piperidine rings is 1. The molecule has 0 saturated carbocycles. The highest BCUT2D eigenvalue weighted by Gasteiger charge is 2.33. The Hall–Kier alpha value is -2.32. The smallest absolute Gasteiger partial charge is 0.387 e. The van der Waals surface area contributed by atoms with Gasteiger partial charge in [-0.15, -0.1) is 0 Å². The quantitative estimate of drug-likeness (QED) is 0.377. The number of benzene rings is 3. The first-order chi connectivity index (χ1) is 14.1. The molecule has 2 nitrogen and oxygen atoms in total. The van der Waals surface area contributed by atoms with Gasteiger partial charge in [-0.05, 0) is 76.8 Å². The summed E-state index contributed by atoms with van der Waals surface area (Å²) in [5.74, 6) is 0. The van der Waals surface area contributed by atoms with Crippen molar-refractivity contribution in [3.8, 4) is 0 Å². The fraction of sp³-hybridized carbons (Fsp3) is 0.364. The van der Waals surface area contributed by atoms with Gasteiger partial charge in [0.05, 0.1) is 17.2 Å². The van der Waals surface area contributed by atoms with Crippen molar-refractivity contribution in [3.05, 3.63) is 59.2 Å². The van der Waals surface area contributed by atoms with E-state index >= 15 is 0 Å². The van der Waals surface area contributed by atoms with Crippen molar-refractivity contribution in [1.82, 2.24) is 5.32 Å². The zero-order valence-electron chi connectivity index (χ0n) is 15.7. The molecule has 2 N–H and O–H groups in total. The third-order valence-corrected chi connectivity index (χ3v) is 5.69. The number of alkyl halides is 6. The van der Waals surface area contributed by atoms with Crippen LogP contribution in [-0.2, 0) is 12.4 Å². The predicted molar refractivity (Wildman–Crippen MR) is 102 cm³/mol. The molecule has 2 atom stereocenters. The van der Waals surface area contributed by atoms with Crippen molar-refractivity contribution in [2.75, 3.05) is 6.54 Å². The summed E-state index contributed by atoms with van der Waals surface area (Å²) in [6.07, 6.45) is -7.66. The summed E-state index contributed by atoms with van der Waals surface area (Å²) >= 11 is 0. The van der Waals surface area contributed by atoms with Gasteiger partial charge in [0.25, 0.3) is 0 Å². The van der Waals surface area contributed by atoms with E-state index in [2.05, 4.69) is 5.32 Å².